The number of likely N-dealkylation sites (tertiary alicyclic amines) is 1. The molecule has 0 unspecified atom stereocenters. The van der Waals surface area contributed by atoms with E-state index >= 15 is 0 Å². The van der Waals surface area contributed by atoms with Gasteiger partial charge in [0.15, 0.2) is 0 Å². The van der Waals surface area contributed by atoms with Crippen LogP contribution in [0.5, 0.6) is 17.2 Å². The Balaban J connectivity index is 1.40. The molecule has 1 aromatic heterocycles. The summed E-state index contributed by atoms with van der Waals surface area (Å²) < 4.78 is 20.0. The molecule has 3 aromatic rings. The summed E-state index contributed by atoms with van der Waals surface area (Å²) in [5.41, 5.74) is 2.67. The number of nitrogens with one attached hydrogen (secondary N) is 1. The van der Waals surface area contributed by atoms with Gasteiger partial charge < -0.3 is 29.3 Å². The molecule has 0 spiro atoms. The van der Waals surface area contributed by atoms with Crippen LogP contribution in [-0.2, 0) is 29.1 Å². The van der Waals surface area contributed by atoms with E-state index in [-0.39, 0.29) is 36.9 Å². The SMILES string of the molecule is CCOc1cc2cc(c1)C(=O)N(C)CC(=O)N[C@H]1CN(C(=O)c3cc(CC(C)C)nn3CC)CC[C@H]1OCc1cccc(c1)O2. The maximum atomic E-state index is 13.8. The van der Waals surface area contributed by atoms with Gasteiger partial charge in [0.2, 0.25) is 5.91 Å². The summed E-state index contributed by atoms with van der Waals surface area (Å²) in [6, 6.07) is 14.0. The number of amides is 3. The number of rotatable bonds is 6. The van der Waals surface area contributed by atoms with Gasteiger partial charge >= 0.3 is 0 Å². The molecule has 1 N–H and O–H groups in total. The Kier molecular flexibility index (Phi) is 10.1. The Morgan fingerprint density at radius 2 is 1.93 bits per heavy atom. The number of piperidine rings is 1. The van der Waals surface area contributed by atoms with Crippen molar-refractivity contribution >= 4 is 17.7 Å². The first-order valence-corrected chi connectivity index (χ1v) is 15.7. The summed E-state index contributed by atoms with van der Waals surface area (Å²) in [5.74, 6) is 1.14. The van der Waals surface area contributed by atoms with E-state index in [0.29, 0.717) is 67.1 Å². The molecule has 3 amide bonds. The molecule has 11 nitrogen and oxygen atoms in total. The average Bonchev–Trinajstić information content (AvgIpc) is 3.41. The molecular weight excluding hydrogens is 574 g/mol. The zero-order chi connectivity index (χ0) is 32.1. The lowest BCUT2D eigenvalue weighted by Gasteiger charge is -2.39. The number of aryl methyl sites for hydroxylation is 1. The lowest BCUT2D eigenvalue weighted by atomic mass is 10.0. The summed E-state index contributed by atoms with van der Waals surface area (Å²) in [4.78, 5) is 43.7. The molecule has 240 valence electrons. The Hall–Kier alpha value is -4.38. The first kappa shape index (κ1) is 32.0. The Morgan fingerprint density at radius 1 is 1.11 bits per heavy atom. The van der Waals surface area contributed by atoms with E-state index in [1.54, 1.807) is 34.8 Å². The molecule has 45 heavy (non-hydrogen) atoms. The van der Waals surface area contributed by atoms with Crippen LogP contribution in [0.2, 0.25) is 0 Å². The van der Waals surface area contributed by atoms with Crippen LogP contribution in [0.1, 0.15) is 66.2 Å². The molecule has 1 saturated heterocycles. The topological polar surface area (TPSA) is 115 Å². The van der Waals surface area contributed by atoms with Crippen molar-refractivity contribution in [3.05, 3.63) is 71.0 Å². The minimum Gasteiger partial charge on any atom is -0.494 e. The Morgan fingerprint density at radius 3 is 2.69 bits per heavy atom. The zero-order valence-electron chi connectivity index (χ0n) is 26.7. The summed E-state index contributed by atoms with van der Waals surface area (Å²) in [6.07, 6.45) is 0.980. The second kappa shape index (κ2) is 14.2. The van der Waals surface area contributed by atoms with Crippen LogP contribution in [0.25, 0.3) is 0 Å². The highest BCUT2D eigenvalue weighted by Gasteiger charge is 2.35. The van der Waals surface area contributed by atoms with Gasteiger partial charge in [0.1, 0.15) is 22.9 Å². The lowest BCUT2D eigenvalue weighted by Crippen LogP contribution is -2.58. The molecule has 0 saturated carbocycles. The fourth-order valence-electron chi connectivity index (χ4n) is 5.82. The number of carbonyl (C=O) groups is 3. The van der Waals surface area contributed by atoms with Gasteiger partial charge in [-0.15, -0.1) is 0 Å². The van der Waals surface area contributed by atoms with Crippen molar-refractivity contribution in [2.75, 3.05) is 33.3 Å². The van der Waals surface area contributed by atoms with Gasteiger partial charge in [-0.3, -0.25) is 19.1 Å². The van der Waals surface area contributed by atoms with Crippen molar-refractivity contribution in [2.24, 2.45) is 5.92 Å². The molecule has 0 radical (unpaired) electrons. The molecule has 2 atom stereocenters. The Labute approximate surface area is 264 Å². The third-order valence-electron chi connectivity index (χ3n) is 7.91. The standard InChI is InChI=1S/C34H43N5O6/c1-6-39-30(17-25(36-39)13-22(3)4)34(42)38-12-11-31-29(19-38)35-32(40)20-37(5)33(41)24-15-27(43-7-2)18-28(16-24)45-26-10-8-9-23(14-26)21-44-31/h8-10,14-18,22,29,31H,6-7,11-13,19-21H2,1-5H3,(H,35,40)/t29-,31+/m0/s1. The van der Waals surface area contributed by atoms with Gasteiger partial charge in [-0.1, -0.05) is 26.0 Å². The van der Waals surface area contributed by atoms with Crippen molar-refractivity contribution < 1.29 is 28.6 Å². The second-order valence-electron chi connectivity index (χ2n) is 12.0. The summed E-state index contributed by atoms with van der Waals surface area (Å²) in [7, 11) is 1.58. The van der Waals surface area contributed by atoms with Crippen LogP contribution in [0.15, 0.2) is 48.5 Å². The van der Waals surface area contributed by atoms with Gasteiger partial charge in [-0.05, 0) is 68.5 Å². The van der Waals surface area contributed by atoms with Crippen LogP contribution in [0.4, 0.5) is 0 Å². The molecule has 1 fully saturated rings. The normalized spacial score (nSPS) is 19.2. The van der Waals surface area contributed by atoms with Crippen LogP contribution in [0, 0.1) is 5.92 Å². The third kappa shape index (κ3) is 7.83. The van der Waals surface area contributed by atoms with E-state index in [1.165, 1.54) is 4.90 Å². The van der Waals surface area contributed by atoms with Crippen LogP contribution < -0.4 is 14.8 Å². The van der Waals surface area contributed by atoms with E-state index in [0.717, 1.165) is 17.7 Å². The van der Waals surface area contributed by atoms with E-state index < -0.39 is 6.04 Å². The number of benzene rings is 2. The first-order valence-electron chi connectivity index (χ1n) is 15.7. The largest absolute Gasteiger partial charge is 0.494 e. The third-order valence-corrected chi connectivity index (χ3v) is 7.91. The smallest absolute Gasteiger partial charge is 0.272 e. The van der Waals surface area contributed by atoms with Gasteiger partial charge in [0.05, 0.1) is 37.6 Å². The van der Waals surface area contributed by atoms with Crippen molar-refractivity contribution in [2.45, 2.75) is 65.8 Å². The molecular formula is C34H43N5O6. The average molecular weight is 618 g/mol. The fraction of sp³-hybridized carbons (Fsp3) is 0.471. The summed E-state index contributed by atoms with van der Waals surface area (Å²) >= 11 is 0. The summed E-state index contributed by atoms with van der Waals surface area (Å²) in [5, 5.41) is 7.72. The number of hydrogen-bond acceptors (Lipinski definition) is 7. The fourth-order valence-corrected chi connectivity index (χ4v) is 5.82. The van der Waals surface area contributed by atoms with E-state index in [9.17, 15) is 14.4 Å². The van der Waals surface area contributed by atoms with Crippen molar-refractivity contribution in [1.82, 2.24) is 24.9 Å². The Bertz CT molecular complexity index is 1530. The van der Waals surface area contributed by atoms with Crippen molar-refractivity contribution in [3.63, 3.8) is 0 Å². The number of aromatic nitrogens is 2. The number of likely N-dealkylation sites (N-methyl/N-ethyl adjacent to an activating group) is 1. The molecule has 2 aliphatic heterocycles. The van der Waals surface area contributed by atoms with E-state index in [1.807, 2.05) is 44.2 Å². The molecule has 5 rings (SSSR count). The molecule has 11 heteroatoms. The molecule has 4 bridgehead atoms. The van der Waals surface area contributed by atoms with Crippen LogP contribution in [0.3, 0.4) is 0 Å². The minimum atomic E-state index is -0.480. The zero-order valence-corrected chi connectivity index (χ0v) is 26.7. The number of nitrogens with zero attached hydrogens (tertiary/aromatic N) is 4. The quantitative estimate of drug-likeness (QED) is 0.439. The number of fused-ring (bicyclic) bond motifs is 5. The maximum absolute atomic E-state index is 13.8. The first-order chi connectivity index (χ1) is 21.6. The van der Waals surface area contributed by atoms with Gasteiger partial charge in [-0.25, -0.2) is 0 Å². The highest BCUT2D eigenvalue weighted by molar-refractivity contribution is 5.97. The van der Waals surface area contributed by atoms with E-state index in [4.69, 9.17) is 14.2 Å². The predicted molar refractivity (Wildman–Crippen MR) is 169 cm³/mol. The van der Waals surface area contributed by atoms with Gasteiger partial charge in [0.25, 0.3) is 11.8 Å². The molecule has 0 aliphatic carbocycles. The van der Waals surface area contributed by atoms with Crippen LogP contribution >= 0.6 is 0 Å². The highest BCUT2D eigenvalue weighted by atomic mass is 16.5. The van der Waals surface area contributed by atoms with Gasteiger partial charge in [-0.2, -0.15) is 5.10 Å². The molecule has 2 aromatic carbocycles. The molecule has 2 aliphatic rings. The predicted octanol–water partition coefficient (Wildman–Crippen LogP) is 4.29. The number of hydrogen-bond donors (Lipinski definition) is 1. The maximum Gasteiger partial charge on any atom is 0.272 e. The number of ether oxygens (including phenoxy) is 3. The van der Waals surface area contributed by atoms with Crippen molar-refractivity contribution in [1.29, 1.82) is 0 Å². The highest BCUT2D eigenvalue weighted by Crippen LogP contribution is 2.29. The van der Waals surface area contributed by atoms with Gasteiger partial charge in [0, 0.05) is 38.3 Å². The minimum absolute atomic E-state index is 0.124. The number of carbonyl (C=O) groups excluding carboxylic acids is 3. The molecule has 3 heterocycles. The lowest BCUT2D eigenvalue weighted by molar-refractivity contribution is -0.124. The van der Waals surface area contributed by atoms with E-state index in [2.05, 4.69) is 24.3 Å². The monoisotopic (exact) mass is 617 g/mol. The van der Waals surface area contributed by atoms with Crippen LogP contribution in [-0.4, -0.2) is 82.7 Å². The second-order valence-corrected chi connectivity index (χ2v) is 12.0. The van der Waals surface area contributed by atoms with Crippen molar-refractivity contribution in [3.8, 4) is 17.2 Å². The summed E-state index contributed by atoms with van der Waals surface area (Å²) in [6.45, 7) is 9.95.